The molecule has 7 heteroatoms. The van der Waals surface area contributed by atoms with Crippen LogP contribution in [-0.2, 0) is 0 Å². The fourth-order valence-corrected chi connectivity index (χ4v) is 3.08. The van der Waals surface area contributed by atoms with Crippen LogP contribution in [0, 0.1) is 19.5 Å². The number of aliphatic hydroxyl groups is 1. The number of benzene rings is 1. The Hall–Kier alpha value is -0.960. The molecule has 0 bridgehead atoms. The van der Waals surface area contributed by atoms with Crippen LogP contribution < -0.4 is 5.32 Å². The average molecular weight is 394 g/mol. The Bertz CT molecular complexity index is 519. The van der Waals surface area contributed by atoms with E-state index in [1.807, 2.05) is 0 Å². The summed E-state index contributed by atoms with van der Waals surface area (Å²) >= 11 is 1.73. The van der Waals surface area contributed by atoms with Gasteiger partial charge in [0.15, 0.2) is 0 Å². The molecular formula is C13H16FIN2O3. The van der Waals surface area contributed by atoms with Gasteiger partial charge in [0.2, 0.25) is 0 Å². The van der Waals surface area contributed by atoms with E-state index in [2.05, 4.69) is 5.32 Å². The van der Waals surface area contributed by atoms with E-state index in [-0.39, 0.29) is 21.6 Å². The van der Waals surface area contributed by atoms with Crippen molar-refractivity contribution in [1.82, 2.24) is 0 Å². The average Bonchev–Trinajstić information content (AvgIpc) is 2.43. The third-order valence-corrected chi connectivity index (χ3v) is 4.58. The van der Waals surface area contributed by atoms with Crippen molar-refractivity contribution in [3.8, 4) is 0 Å². The van der Waals surface area contributed by atoms with Gasteiger partial charge >= 0.3 is 0 Å². The highest BCUT2D eigenvalue weighted by molar-refractivity contribution is 14.1. The van der Waals surface area contributed by atoms with Crippen LogP contribution in [0.2, 0.25) is 0 Å². The van der Waals surface area contributed by atoms with Crippen LogP contribution in [0.1, 0.15) is 32.1 Å². The summed E-state index contributed by atoms with van der Waals surface area (Å²) in [7, 11) is 0. The van der Waals surface area contributed by atoms with Crippen molar-refractivity contribution in [2.75, 3.05) is 11.9 Å². The first kappa shape index (κ1) is 15.4. The minimum absolute atomic E-state index is 0.113. The predicted molar refractivity (Wildman–Crippen MR) is 82.3 cm³/mol. The monoisotopic (exact) mass is 394 g/mol. The van der Waals surface area contributed by atoms with Gasteiger partial charge in [0.1, 0.15) is 11.5 Å². The minimum atomic E-state index is -0.581. The Balaban J connectivity index is 2.36. The molecule has 20 heavy (non-hydrogen) atoms. The molecule has 0 amide bonds. The predicted octanol–water partition coefficient (Wildman–Crippen LogP) is 3.45. The number of anilines is 1. The Morgan fingerprint density at radius 2 is 2.05 bits per heavy atom. The topological polar surface area (TPSA) is 75.4 Å². The van der Waals surface area contributed by atoms with E-state index < -0.39 is 16.3 Å². The summed E-state index contributed by atoms with van der Waals surface area (Å²) in [4.78, 5) is 10.6. The molecule has 1 aromatic carbocycles. The number of nitro benzene ring substituents is 1. The van der Waals surface area contributed by atoms with E-state index in [1.165, 1.54) is 6.07 Å². The van der Waals surface area contributed by atoms with Gasteiger partial charge < -0.3 is 10.4 Å². The van der Waals surface area contributed by atoms with Crippen LogP contribution in [0.5, 0.6) is 0 Å². The maximum Gasteiger partial charge on any atom is 0.293 e. The van der Waals surface area contributed by atoms with E-state index in [4.69, 9.17) is 0 Å². The summed E-state index contributed by atoms with van der Waals surface area (Å²) < 4.78 is 13.9. The lowest BCUT2D eigenvalue weighted by atomic mass is 9.82. The normalized spacial score (nSPS) is 17.8. The third kappa shape index (κ3) is 3.20. The molecule has 0 heterocycles. The summed E-state index contributed by atoms with van der Waals surface area (Å²) in [5, 5.41) is 23.8. The van der Waals surface area contributed by atoms with Crippen LogP contribution in [0.3, 0.4) is 0 Å². The lowest BCUT2D eigenvalue weighted by Crippen LogP contribution is -2.44. The van der Waals surface area contributed by atoms with Crippen LogP contribution in [0.4, 0.5) is 15.8 Å². The van der Waals surface area contributed by atoms with Crippen LogP contribution >= 0.6 is 22.6 Å². The van der Waals surface area contributed by atoms with Gasteiger partial charge in [0.25, 0.3) is 5.69 Å². The highest BCUT2D eigenvalue weighted by atomic mass is 127. The molecule has 1 aromatic rings. The maximum atomic E-state index is 13.7. The summed E-state index contributed by atoms with van der Waals surface area (Å²) in [6, 6.07) is 2.36. The highest BCUT2D eigenvalue weighted by Gasteiger charge is 2.33. The fourth-order valence-electron chi connectivity index (χ4n) is 2.62. The molecule has 0 aromatic heterocycles. The number of aliphatic hydroxyl groups excluding tert-OH is 1. The zero-order valence-electron chi connectivity index (χ0n) is 10.9. The smallest absolute Gasteiger partial charge is 0.293 e. The molecule has 1 aliphatic rings. The van der Waals surface area contributed by atoms with Gasteiger partial charge in [-0.15, -0.1) is 0 Å². The van der Waals surface area contributed by atoms with Gasteiger partial charge in [-0.2, -0.15) is 0 Å². The standard InChI is InChI=1S/C13H16FIN2O3/c14-9-6-11(12(17(19)20)7-10(9)15)16-13(8-18)4-2-1-3-5-13/h6-7,16,18H,1-5,8H2. The first-order valence-electron chi connectivity index (χ1n) is 6.50. The van der Waals surface area contributed by atoms with E-state index in [9.17, 15) is 19.6 Å². The number of nitro groups is 1. The maximum absolute atomic E-state index is 13.7. The van der Waals surface area contributed by atoms with Gasteiger partial charge in [0, 0.05) is 12.1 Å². The summed E-state index contributed by atoms with van der Waals surface area (Å²) in [5.74, 6) is -0.498. The second-order valence-electron chi connectivity index (χ2n) is 5.16. The number of hydrogen-bond donors (Lipinski definition) is 2. The number of nitrogens with one attached hydrogen (secondary N) is 1. The van der Waals surface area contributed by atoms with E-state index >= 15 is 0 Å². The SMILES string of the molecule is O=[N+]([O-])c1cc(I)c(F)cc1NC1(CO)CCCCC1. The van der Waals surface area contributed by atoms with Gasteiger partial charge in [-0.05, 0) is 35.4 Å². The second-order valence-corrected chi connectivity index (χ2v) is 6.33. The Morgan fingerprint density at radius 3 is 2.60 bits per heavy atom. The van der Waals surface area contributed by atoms with Crippen molar-refractivity contribution in [2.45, 2.75) is 37.6 Å². The van der Waals surface area contributed by atoms with Crippen LogP contribution in [0.15, 0.2) is 12.1 Å². The molecule has 0 aliphatic heterocycles. The molecule has 0 unspecified atom stereocenters. The number of halogens is 2. The summed E-state index contributed by atoms with van der Waals surface area (Å²) in [6.07, 6.45) is 4.46. The minimum Gasteiger partial charge on any atom is -0.394 e. The Morgan fingerprint density at radius 1 is 1.40 bits per heavy atom. The number of hydrogen-bond acceptors (Lipinski definition) is 4. The Labute approximate surface area is 129 Å². The Kier molecular flexibility index (Phi) is 4.79. The van der Waals surface area contributed by atoms with Crippen molar-refractivity contribution >= 4 is 34.0 Å². The van der Waals surface area contributed by atoms with Gasteiger partial charge in [-0.3, -0.25) is 10.1 Å². The van der Waals surface area contributed by atoms with Crippen molar-refractivity contribution < 1.29 is 14.4 Å². The molecule has 1 fully saturated rings. The lowest BCUT2D eigenvalue weighted by molar-refractivity contribution is -0.384. The van der Waals surface area contributed by atoms with Crippen LogP contribution in [-0.4, -0.2) is 22.2 Å². The molecule has 2 rings (SSSR count). The molecule has 2 N–H and O–H groups in total. The zero-order valence-corrected chi connectivity index (χ0v) is 13.0. The van der Waals surface area contributed by atoms with E-state index in [0.717, 1.165) is 38.2 Å². The highest BCUT2D eigenvalue weighted by Crippen LogP contribution is 2.36. The molecule has 5 nitrogen and oxygen atoms in total. The molecule has 1 saturated carbocycles. The van der Waals surface area contributed by atoms with Crippen LogP contribution in [0.25, 0.3) is 0 Å². The van der Waals surface area contributed by atoms with Gasteiger partial charge in [0.05, 0.1) is 20.6 Å². The summed E-state index contributed by atoms with van der Waals surface area (Å²) in [6.45, 7) is -0.113. The molecule has 1 aliphatic carbocycles. The fraction of sp³-hybridized carbons (Fsp3) is 0.538. The molecule has 0 radical (unpaired) electrons. The third-order valence-electron chi connectivity index (χ3n) is 3.75. The molecule has 0 spiro atoms. The lowest BCUT2D eigenvalue weighted by Gasteiger charge is -2.37. The first-order valence-corrected chi connectivity index (χ1v) is 7.58. The van der Waals surface area contributed by atoms with Gasteiger partial charge in [-0.1, -0.05) is 19.3 Å². The second kappa shape index (κ2) is 6.21. The number of nitrogens with zero attached hydrogens (tertiary/aromatic N) is 1. The van der Waals surface area contributed by atoms with E-state index in [1.54, 1.807) is 22.6 Å². The summed E-state index contributed by atoms with van der Waals surface area (Å²) in [5.41, 5.74) is -0.597. The van der Waals surface area contributed by atoms with E-state index in [0.29, 0.717) is 0 Å². The van der Waals surface area contributed by atoms with Crippen molar-refractivity contribution in [3.63, 3.8) is 0 Å². The zero-order chi connectivity index (χ0) is 14.8. The quantitative estimate of drug-likeness (QED) is 0.466. The number of rotatable bonds is 4. The van der Waals surface area contributed by atoms with Crippen molar-refractivity contribution in [3.05, 3.63) is 31.6 Å². The van der Waals surface area contributed by atoms with Gasteiger partial charge in [-0.25, -0.2) is 4.39 Å². The van der Waals surface area contributed by atoms with Crippen molar-refractivity contribution in [1.29, 1.82) is 0 Å². The molecule has 0 saturated heterocycles. The molecular weight excluding hydrogens is 378 g/mol. The van der Waals surface area contributed by atoms with Crippen molar-refractivity contribution in [2.24, 2.45) is 0 Å². The largest absolute Gasteiger partial charge is 0.394 e. The molecule has 110 valence electrons. The first-order chi connectivity index (χ1) is 9.47. The molecule has 0 atom stereocenters.